The van der Waals surface area contributed by atoms with Gasteiger partial charge in [0.05, 0.1) is 26.2 Å². The molecule has 1 aliphatic rings. The van der Waals surface area contributed by atoms with Gasteiger partial charge in [-0.1, -0.05) is 30.3 Å². The van der Waals surface area contributed by atoms with Crippen LogP contribution in [0, 0.1) is 0 Å². The van der Waals surface area contributed by atoms with E-state index < -0.39 is 0 Å². The standard InChI is InChI=1S/C20H25N3O2/c1-15(2)21-19(24)14-22-9-11-23(12-10-22)20(25)18-8-7-16-5-3-4-6-17(16)13-18/h3-8,13,15H,9-12,14H2,1-2H3,(H,21,24)/p+1. The van der Waals surface area contributed by atoms with Crippen molar-refractivity contribution < 1.29 is 14.5 Å². The summed E-state index contributed by atoms with van der Waals surface area (Å²) >= 11 is 0. The quantitative estimate of drug-likeness (QED) is 0.861. The van der Waals surface area contributed by atoms with Crippen molar-refractivity contribution >= 4 is 22.6 Å². The largest absolute Gasteiger partial charge is 0.349 e. The number of carbonyl (C=O) groups is 2. The molecule has 0 bridgehead atoms. The van der Waals surface area contributed by atoms with Gasteiger partial charge in [-0.25, -0.2) is 0 Å². The number of benzene rings is 2. The highest BCUT2D eigenvalue weighted by molar-refractivity contribution is 5.98. The van der Waals surface area contributed by atoms with Crippen molar-refractivity contribution in [1.82, 2.24) is 10.2 Å². The van der Waals surface area contributed by atoms with E-state index in [0.29, 0.717) is 19.6 Å². The van der Waals surface area contributed by atoms with E-state index in [2.05, 4.69) is 5.32 Å². The van der Waals surface area contributed by atoms with Gasteiger partial charge < -0.3 is 15.1 Å². The molecule has 5 heteroatoms. The Balaban J connectivity index is 1.58. The normalized spacial score (nSPS) is 15.6. The predicted molar refractivity (Wildman–Crippen MR) is 98.7 cm³/mol. The van der Waals surface area contributed by atoms with Crippen LogP contribution in [0.2, 0.25) is 0 Å². The number of hydrogen-bond acceptors (Lipinski definition) is 2. The molecular formula is C20H26N3O2+. The lowest BCUT2D eigenvalue weighted by Gasteiger charge is -2.32. The average Bonchev–Trinajstić information content (AvgIpc) is 2.60. The molecule has 2 N–H and O–H groups in total. The molecule has 25 heavy (non-hydrogen) atoms. The van der Waals surface area contributed by atoms with Crippen LogP contribution in [0.4, 0.5) is 0 Å². The van der Waals surface area contributed by atoms with Crippen molar-refractivity contribution in [1.29, 1.82) is 0 Å². The van der Waals surface area contributed by atoms with Crippen LogP contribution in [0.15, 0.2) is 42.5 Å². The first-order chi connectivity index (χ1) is 12.0. The molecule has 2 amide bonds. The van der Waals surface area contributed by atoms with Gasteiger partial charge in [-0.2, -0.15) is 0 Å². The Hall–Kier alpha value is -2.40. The Morgan fingerprint density at radius 3 is 2.44 bits per heavy atom. The maximum Gasteiger partial charge on any atom is 0.275 e. The fourth-order valence-corrected chi connectivity index (χ4v) is 3.31. The van der Waals surface area contributed by atoms with E-state index >= 15 is 0 Å². The molecular weight excluding hydrogens is 314 g/mol. The third kappa shape index (κ3) is 4.37. The molecule has 1 saturated heterocycles. The van der Waals surface area contributed by atoms with Gasteiger partial charge >= 0.3 is 0 Å². The number of hydrogen-bond donors (Lipinski definition) is 2. The summed E-state index contributed by atoms with van der Waals surface area (Å²) in [5, 5.41) is 5.16. The summed E-state index contributed by atoms with van der Waals surface area (Å²) in [4.78, 5) is 27.8. The minimum atomic E-state index is 0.0800. The lowest BCUT2D eigenvalue weighted by atomic mass is 10.1. The molecule has 0 radical (unpaired) electrons. The Kier molecular flexibility index (Phi) is 5.34. The molecule has 0 atom stereocenters. The van der Waals surface area contributed by atoms with E-state index in [1.54, 1.807) is 0 Å². The molecule has 5 nitrogen and oxygen atoms in total. The number of piperazine rings is 1. The molecule has 0 saturated carbocycles. The lowest BCUT2D eigenvalue weighted by molar-refractivity contribution is -0.896. The molecule has 0 spiro atoms. The summed E-state index contributed by atoms with van der Waals surface area (Å²) in [6.07, 6.45) is 0. The van der Waals surface area contributed by atoms with Gasteiger partial charge in [-0.05, 0) is 36.8 Å². The number of nitrogens with zero attached hydrogens (tertiary/aromatic N) is 1. The third-order valence-electron chi connectivity index (χ3n) is 4.61. The number of nitrogens with one attached hydrogen (secondary N) is 2. The first-order valence-electron chi connectivity index (χ1n) is 8.94. The molecule has 1 heterocycles. The molecule has 132 valence electrons. The summed E-state index contributed by atoms with van der Waals surface area (Å²) < 4.78 is 0. The predicted octanol–water partition coefficient (Wildman–Crippen LogP) is 0.705. The van der Waals surface area contributed by atoms with E-state index in [1.165, 1.54) is 4.90 Å². The molecule has 0 unspecified atom stereocenters. The van der Waals surface area contributed by atoms with Crippen LogP contribution in [-0.4, -0.2) is 55.5 Å². The molecule has 0 aliphatic carbocycles. The lowest BCUT2D eigenvalue weighted by Crippen LogP contribution is -3.15. The highest BCUT2D eigenvalue weighted by Gasteiger charge is 2.26. The van der Waals surface area contributed by atoms with Crippen molar-refractivity contribution in [3.8, 4) is 0 Å². The molecule has 0 aromatic heterocycles. The summed E-state index contributed by atoms with van der Waals surface area (Å²) in [5.41, 5.74) is 0.736. The van der Waals surface area contributed by atoms with Gasteiger partial charge in [0.25, 0.3) is 11.8 Å². The fourth-order valence-electron chi connectivity index (χ4n) is 3.31. The van der Waals surface area contributed by atoms with E-state index in [1.807, 2.05) is 61.2 Å². The number of carbonyl (C=O) groups excluding carboxylic acids is 2. The summed E-state index contributed by atoms with van der Waals surface area (Å²) in [6.45, 7) is 7.42. The van der Waals surface area contributed by atoms with Crippen molar-refractivity contribution in [3.05, 3.63) is 48.0 Å². The molecule has 1 aliphatic heterocycles. The first kappa shape index (κ1) is 17.4. The second-order valence-electron chi connectivity index (χ2n) is 7.00. The van der Waals surface area contributed by atoms with E-state index in [9.17, 15) is 9.59 Å². The summed E-state index contributed by atoms with van der Waals surface area (Å²) in [7, 11) is 0. The van der Waals surface area contributed by atoms with Crippen LogP contribution >= 0.6 is 0 Å². The van der Waals surface area contributed by atoms with Crippen LogP contribution in [-0.2, 0) is 4.79 Å². The number of amides is 2. The van der Waals surface area contributed by atoms with Crippen molar-refractivity contribution in [2.45, 2.75) is 19.9 Å². The number of quaternary nitrogens is 1. The smallest absolute Gasteiger partial charge is 0.275 e. The Morgan fingerprint density at radius 2 is 1.76 bits per heavy atom. The van der Waals surface area contributed by atoms with Crippen LogP contribution < -0.4 is 10.2 Å². The highest BCUT2D eigenvalue weighted by Crippen LogP contribution is 2.17. The van der Waals surface area contributed by atoms with Crippen molar-refractivity contribution in [2.75, 3.05) is 32.7 Å². The van der Waals surface area contributed by atoms with Gasteiger partial charge in [-0.3, -0.25) is 9.59 Å². The summed E-state index contributed by atoms with van der Waals surface area (Å²) in [6, 6.07) is 14.1. The Bertz CT molecular complexity index is 764. The number of rotatable bonds is 4. The van der Waals surface area contributed by atoms with Gasteiger partial charge in [0.15, 0.2) is 6.54 Å². The van der Waals surface area contributed by atoms with Crippen LogP contribution in [0.1, 0.15) is 24.2 Å². The maximum absolute atomic E-state index is 12.8. The summed E-state index contributed by atoms with van der Waals surface area (Å²) in [5.74, 6) is 0.163. The van der Waals surface area contributed by atoms with Crippen molar-refractivity contribution in [3.63, 3.8) is 0 Å². The first-order valence-corrected chi connectivity index (χ1v) is 8.94. The Morgan fingerprint density at radius 1 is 1.08 bits per heavy atom. The second-order valence-corrected chi connectivity index (χ2v) is 7.00. The zero-order valence-electron chi connectivity index (χ0n) is 14.9. The molecule has 3 rings (SSSR count). The van der Waals surface area contributed by atoms with Crippen LogP contribution in [0.5, 0.6) is 0 Å². The van der Waals surface area contributed by atoms with Gasteiger partial charge in [-0.15, -0.1) is 0 Å². The van der Waals surface area contributed by atoms with E-state index in [4.69, 9.17) is 0 Å². The van der Waals surface area contributed by atoms with Gasteiger partial charge in [0.2, 0.25) is 0 Å². The average molecular weight is 340 g/mol. The number of fused-ring (bicyclic) bond motifs is 1. The third-order valence-corrected chi connectivity index (χ3v) is 4.61. The molecule has 1 fully saturated rings. The fraction of sp³-hybridized carbons (Fsp3) is 0.400. The topological polar surface area (TPSA) is 53.9 Å². The van der Waals surface area contributed by atoms with E-state index in [-0.39, 0.29) is 17.9 Å². The molecule has 2 aromatic rings. The highest BCUT2D eigenvalue weighted by atomic mass is 16.2. The Labute approximate surface area is 148 Å². The minimum absolute atomic E-state index is 0.0800. The SMILES string of the molecule is CC(C)NC(=O)C[NH+]1CCN(C(=O)c2ccc3ccccc3c2)CC1. The van der Waals surface area contributed by atoms with Crippen LogP contribution in [0.25, 0.3) is 10.8 Å². The zero-order valence-corrected chi connectivity index (χ0v) is 14.9. The van der Waals surface area contributed by atoms with Gasteiger partial charge in [0.1, 0.15) is 0 Å². The maximum atomic E-state index is 12.8. The monoisotopic (exact) mass is 340 g/mol. The van der Waals surface area contributed by atoms with E-state index in [0.717, 1.165) is 29.4 Å². The minimum Gasteiger partial charge on any atom is -0.349 e. The zero-order chi connectivity index (χ0) is 17.8. The van der Waals surface area contributed by atoms with Gasteiger partial charge in [0, 0.05) is 11.6 Å². The second kappa shape index (κ2) is 7.66. The van der Waals surface area contributed by atoms with Crippen molar-refractivity contribution in [2.24, 2.45) is 0 Å². The van der Waals surface area contributed by atoms with Crippen LogP contribution in [0.3, 0.4) is 0 Å². The molecule has 2 aromatic carbocycles.